The van der Waals surface area contributed by atoms with Gasteiger partial charge in [-0.05, 0) is 56.2 Å². The van der Waals surface area contributed by atoms with Crippen molar-refractivity contribution in [3.8, 4) is 0 Å². The maximum atomic E-state index is 5.84. The third kappa shape index (κ3) is 2.78. The Balaban J connectivity index is 2.31. The number of rotatable bonds is 2. The number of anilines is 3. The van der Waals surface area contributed by atoms with Crippen LogP contribution in [-0.4, -0.2) is 0 Å². The Morgan fingerprint density at radius 2 is 1.65 bits per heavy atom. The van der Waals surface area contributed by atoms with E-state index in [1.807, 2.05) is 19.1 Å². The van der Waals surface area contributed by atoms with Gasteiger partial charge in [-0.1, -0.05) is 17.7 Å². The van der Waals surface area contributed by atoms with Crippen LogP contribution in [0, 0.1) is 20.8 Å². The Labute approximate surface area is 102 Å². The normalized spacial score (nSPS) is 10.3. The SMILES string of the molecule is Cc1cc(N)cc(Nc2ccc(C)cc2C)c1. The van der Waals surface area contributed by atoms with Crippen LogP contribution in [-0.2, 0) is 0 Å². The first kappa shape index (κ1) is 11.5. The molecule has 0 fully saturated rings. The molecule has 0 bridgehead atoms. The smallest absolute Gasteiger partial charge is 0.0414 e. The van der Waals surface area contributed by atoms with Crippen molar-refractivity contribution < 1.29 is 0 Å². The monoisotopic (exact) mass is 226 g/mol. The van der Waals surface area contributed by atoms with Gasteiger partial charge in [0.05, 0.1) is 0 Å². The molecule has 0 atom stereocenters. The molecule has 0 aliphatic carbocycles. The first-order chi connectivity index (χ1) is 8.04. The fourth-order valence-electron chi connectivity index (χ4n) is 1.99. The minimum absolute atomic E-state index is 0.789. The quantitative estimate of drug-likeness (QED) is 0.761. The summed E-state index contributed by atoms with van der Waals surface area (Å²) in [6, 6.07) is 12.4. The highest BCUT2D eigenvalue weighted by molar-refractivity contribution is 5.67. The van der Waals surface area contributed by atoms with E-state index in [2.05, 4.69) is 43.4 Å². The Morgan fingerprint density at radius 3 is 2.29 bits per heavy atom. The number of hydrogen-bond acceptors (Lipinski definition) is 2. The molecule has 0 aliphatic heterocycles. The van der Waals surface area contributed by atoms with Crippen molar-refractivity contribution in [2.45, 2.75) is 20.8 Å². The molecule has 2 aromatic rings. The standard InChI is InChI=1S/C15H18N2/c1-10-4-5-15(12(3)6-10)17-14-8-11(2)7-13(16)9-14/h4-9,17H,16H2,1-3H3. The van der Waals surface area contributed by atoms with Crippen LogP contribution in [0.2, 0.25) is 0 Å². The lowest BCUT2D eigenvalue weighted by Gasteiger charge is -2.11. The van der Waals surface area contributed by atoms with E-state index in [1.165, 1.54) is 11.1 Å². The van der Waals surface area contributed by atoms with Gasteiger partial charge >= 0.3 is 0 Å². The highest BCUT2D eigenvalue weighted by Crippen LogP contribution is 2.23. The van der Waals surface area contributed by atoms with Crippen LogP contribution in [0.4, 0.5) is 17.1 Å². The van der Waals surface area contributed by atoms with E-state index in [9.17, 15) is 0 Å². The molecule has 17 heavy (non-hydrogen) atoms. The summed E-state index contributed by atoms with van der Waals surface area (Å²) >= 11 is 0. The number of nitrogens with one attached hydrogen (secondary N) is 1. The molecule has 0 heterocycles. The number of aryl methyl sites for hydroxylation is 3. The molecule has 0 aromatic heterocycles. The molecular weight excluding hydrogens is 208 g/mol. The molecule has 0 saturated carbocycles. The third-order valence-corrected chi connectivity index (χ3v) is 2.76. The van der Waals surface area contributed by atoms with Crippen molar-refractivity contribution in [3.63, 3.8) is 0 Å². The van der Waals surface area contributed by atoms with Gasteiger partial charge in [-0.2, -0.15) is 0 Å². The van der Waals surface area contributed by atoms with Gasteiger partial charge in [-0.25, -0.2) is 0 Å². The molecule has 3 N–H and O–H groups in total. The Hall–Kier alpha value is -1.96. The highest BCUT2D eigenvalue weighted by Gasteiger charge is 2.00. The fraction of sp³-hybridized carbons (Fsp3) is 0.200. The summed E-state index contributed by atoms with van der Waals surface area (Å²) in [5.74, 6) is 0. The number of benzene rings is 2. The van der Waals surface area contributed by atoms with Gasteiger partial charge in [0.1, 0.15) is 0 Å². The minimum Gasteiger partial charge on any atom is -0.399 e. The fourth-order valence-corrected chi connectivity index (χ4v) is 1.99. The van der Waals surface area contributed by atoms with Crippen molar-refractivity contribution in [1.82, 2.24) is 0 Å². The maximum Gasteiger partial charge on any atom is 0.0414 e. The first-order valence-corrected chi connectivity index (χ1v) is 5.76. The Bertz CT molecular complexity index is 524. The van der Waals surface area contributed by atoms with Crippen LogP contribution in [0.3, 0.4) is 0 Å². The first-order valence-electron chi connectivity index (χ1n) is 5.76. The summed E-state index contributed by atoms with van der Waals surface area (Å²) in [4.78, 5) is 0. The summed E-state index contributed by atoms with van der Waals surface area (Å²) in [7, 11) is 0. The average molecular weight is 226 g/mol. The highest BCUT2D eigenvalue weighted by atomic mass is 14.9. The summed E-state index contributed by atoms with van der Waals surface area (Å²) in [6.45, 7) is 6.25. The van der Waals surface area contributed by atoms with Crippen LogP contribution in [0.5, 0.6) is 0 Å². The van der Waals surface area contributed by atoms with E-state index < -0.39 is 0 Å². The zero-order valence-electron chi connectivity index (χ0n) is 10.5. The second-order valence-corrected chi connectivity index (χ2v) is 4.58. The van der Waals surface area contributed by atoms with Gasteiger partial charge in [0, 0.05) is 17.1 Å². The molecule has 0 amide bonds. The van der Waals surface area contributed by atoms with E-state index in [4.69, 9.17) is 5.73 Å². The van der Waals surface area contributed by atoms with E-state index in [0.29, 0.717) is 0 Å². The lowest BCUT2D eigenvalue weighted by Crippen LogP contribution is -1.95. The van der Waals surface area contributed by atoms with Crippen molar-refractivity contribution >= 4 is 17.1 Å². The lowest BCUT2D eigenvalue weighted by molar-refractivity contribution is 1.36. The zero-order chi connectivity index (χ0) is 12.4. The van der Waals surface area contributed by atoms with Crippen LogP contribution in [0.15, 0.2) is 36.4 Å². The number of hydrogen-bond donors (Lipinski definition) is 2. The van der Waals surface area contributed by atoms with Gasteiger partial charge < -0.3 is 11.1 Å². The maximum absolute atomic E-state index is 5.84. The minimum atomic E-state index is 0.789. The topological polar surface area (TPSA) is 38.0 Å². The Morgan fingerprint density at radius 1 is 0.882 bits per heavy atom. The van der Waals surface area contributed by atoms with Crippen molar-refractivity contribution in [3.05, 3.63) is 53.1 Å². The van der Waals surface area contributed by atoms with Crippen molar-refractivity contribution in [1.29, 1.82) is 0 Å². The Kier molecular flexibility index (Phi) is 3.05. The predicted molar refractivity (Wildman–Crippen MR) is 74.8 cm³/mol. The van der Waals surface area contributed by atoms with Crippen LogP contribution in [0.1, 0.15) is 16.7 Å². The second kappa shape index (κ2) is 4.50. The lowest BCUT2D eigenvalue weighted by atomic mass is 10.1. The van der Waals surface area contributed by atoms with Crippen LogP contribution < -0.4 is 11.1 Å². The molecule has 88 valence electrons. The summed E-state index contributed by atoms with van der Waals surface area (Å²) in [6.07, 6.45) is 0. The van der Waals surface area contributed by atoms with Crippen molar-refractivity contribution in [2.24, 2.45) is 0 Å². The van der Waals surface area contributed by atoms with Gasteiger partial charge in [0.2, 0.25) is 0 Å². The van der Waals surface area contributed by atoms with E-state index >= 15 is 0 Å². The molecular formula is C15H18N2. The second-order valence-electron chi connectivity index (χ2n) is 4.58. The summed E-state index contributed by atoms with van der Waals surface area (Å²) < 4.78 is 0. The van der Waals surface area contributed by atoms with Crippen LogP contribution >= 0.6 is 0 Å². The molecule has 2 rings (SSSR count). The summed E-state index contributed by atoms with van der Waals surface area (Å²) in [5, 5.41) is 3.40. The zero-order valence-corrected chi connectivity index (χ0v) is 10.5. The van der Waals surface area contributed by atoms with E-state index in [1.54, 1.807) is 0 Å². The molecule has 0 saturated heterocycles. The number of nitrogens with two attached hydrogens (primary N) is 1. The molecule has 0 unspecified atom stereocenters. The molecule has 0 spiro atoms. The summed E-state index contributed by atoms with van der Waals surface area (Å²) in [5.41, 5.74) is 12.5. The molecule has 2 aromatic carbocycles. The predicted octanol–water partition coefficient (Wildman–Crippen LogP) is 3.94. The van der Waals surface area contributed by atoms with Crippen molar-refractivity contribution in [2.75, 3.05) is 11.1 Å². The van der Waals surface area contributed by atoms with Crippen LogP contribution in [0.25, 0.3) is 0 Å². The van der Waals surface area contributed by atoms with Gasteiger partial charge in [-0.15, -0.1) is 0 Å². The number of nitrogen functional groups attached to an aromatic ring is 1. The largest absolute Gasteiger partial charge is 0.399 e. The molecule has 0 aliphatic rings. The van der Waals surface area contributed by atoms with Gasteiger partial charge in [-0.3, -0.25) is 0 Å². The van der Waals surface area contributed by atoms with E-state index in [-0.39, 0.29) is 0 Å². The molecule has 0 radical (unpaired) electrons. The third-order valence-electron chi connectivity index (χ3n) is 2.76. The van der Waals surface area contributed by atoms with Gasteiger partial charge in [0.15, 0.2) is 0 Å². The molecule has 2 nitrogen and oxygen atoms in total. The van der Waals surface area contributed by atoms with E-state index in [0.717, 1.165) is 22.6 Å². The van der Waals surface area contributed by atoms with Gasteiger partial charge in [0.25, 0.3) is 0 Å². The molecule has 2 heteroatoms. The average Bonchev–Trinajstić information content (AvgIpc) is 2.21.